The van der Waals surface area contributed by atoms with Gasteiger partial charge in [0.1, 0.15) is 10.6 Å². The van der Waals surface area contributed by atoms with E-state index < -0.39 is 10.0 Å². The van der Waals surface area contributed by atoms with Gasteiger partial charge in [0, 0.05) is 25.7 Å². The van der Waals surface area contributed by atoms with Crippen LogP contribution < -0.4 is 9.64 Å². The van der Waals surface area contributed by atoms with Crippen LogP contribution in [0.1, 0.15) is 33.5 Å². The van der Waals surface area contributed by atoms with Crippen molar-refractivity contribution < 1.29 is 17.9 Å². The van der Waals surface area contributed by atoms with Gasteiger partial charge in [-0.3, -0.25) is 4.79 Å². The normalized spacial score (nSPS) is 13.6. The zero-order valence-electron chi connectivity index (χ0n) is 19.1. The van der Waals surface area contributed by atoms with Crippen LogP contribution in [0.3, 0.4) is 0 Å². The first-order valence-corrected chi connectivity index (χ1v) is 12.4. The number of benzene rings is 3. The minimum atomic E-state index is -3.90. The number of hydrogen-bond acceptors (Lipinski definition) is 4. The number of nitrogens with zero attached hydrogens (tertiary/aromatic N) is 2. The number of para-hydroxylation sites is 1. The quantitative estimate of drug-likeness (QED) is 0.542. The van der Waals surface area contributed by atoms with Crippen LogP contribution in [0.4, 0.5) is 5.69 Å². The molecule has 0 aromatic heterocycles. The van der Waals surface area contributed by atoms with Crippen LogP contribution in [0.15, 0.2) is 71.6 Å². The lowest BCUT2D eigenvalue weighted by Gasteiger charge is -2.31. The van der Waals surface area contributed by atoms with Gasteiger partial charge in [0.25, 0.3) is 5.91 Å². The molecule has 172 valence electrons. The number of carbonyl (C=O) groups excluding carboxylic acids is 1. The van der Waals surface area contributed by atoms with Crippen molar-refractivity contribution in [2.75, 3.05) is 25.6 Å². The minimum Gasteiger partial charge on any atom is -0.495 e. The molecule has 1 aliphatic rings. The van der Waals surface area contributed by atoms with Crippen LogP contribution in [0.5, 0.6) is 5.75 Å². The summed E-state index contributed by atoms with van der Waals surface area (Å²) < 4.78 is 33.5. The van der Waals surface area contributed by atoms with E-state index >= 15 is 0 Å². The Morgan fingerprint density at radius 1 is 1.06 bits per heavy atom. The zero-order valence-corrected chi connectivity index (χ0v) is 19.9. The third kappa shape index (κ3) is 4.51. The Labute approximate surface area is 195 Å². The topological polar surface area (TPSA) is 66.9 Å². The summed E-state index contributed by atoms with van der Waals surface area (Å²) in [7, 11) is -0.942. The molecule has 0 saturated heterocycles. The van der Waals surface area contributed by atoms with E-state index in [1.807, 2.05) is 55.5 Å². The van der Waals surface area contributed by atoms with Gasteiger partial charge in [-0.2, -0.15) is 4.31 Å². The summed E-state index contributed by atoms with van der Waals surface area (Å²) in [6, 6.07) is 20.0. The van der Waals surface area contributed by atoms with Gasteiger partial charge in [0.2, 0.25) is 10.0 Å². The molecular weight excluding hydrogens is 436 g/mol. The number of anilines is 1. The molecule has 1 aliphatic heterocycles. The Bertz CT molecular complexity index is 1270. The van der Waals surface area contributed by atoms with E-state index in [0.717, 1.165) is 35.2 Å². The summed E-state index contributed by atoms with van der Waals surface area (Å²) in [4.78, 5) is 15.3. The van der Waals surface area contributed by atoms with E-state index in [-0.39, 0.29) is 23.1 Å². The summed E-state index contributed by atoms with van der Waals surface area (Å²) >= 11 is 0. The highest BCUT2D eigenvalue weighted by atomic mass is 32.2. The summed E-state index contributed by atoms with van der Waals surface area (Å²) in [6.45, 7) is 2.80. The molecule has 3 aromatic rings. The van der Waals surface area contributed by atoms with Crippen molar-refractivity contribution in [2.24, 2.45) is 0 Å². The van der Waals surface area contributed by atoms with E-state index in [9.17, 15) is 13.2 Å². The SMILES string of the molecule is COc1ccc(C(=O)N2CCCc3cccc(C)c32)cc1S(=O)(=O)N(C)Cc1ccccc1. The van der Waals surface area contributed by atoms with Crippen LogP contribution >= 0.6 is 0 Å². The van der Waals surface area contributed by atoms with Crippen molar-refractivity contribution in [3.63, 3.8) is 0 Å². The molecule has 6 nitrogen and oxygen atoms in total. The number of amides is 1. The summed E-state index contributed by atoms with van der Waals surface area (Å²) in [5.74, 6) is -0.00301. The van der Waals surface area contributed by atoms with Crippen LogP contribution in [-0.2, 0) is 23.0 Å². The van der Waals surface area contributed by atoms with Gasteiger partial charge in [-0.05, 0) is 54.7 Å². The molecule has 0 saturated carbocycles. The van der Waals surface area contributed by atoms with E-state index in [1.54, 1.807) is 17.0 Å². The number of carbonyl (C=O) groups is 1. The molecule has 0 fully saturated rings. The lowest BCUT2D eigenvalue weighted by molar-refractivity contribution is 0.0984. The van der Waals surface area contributed by atoms with Crippen molar-refractivity contribution in [1.29, 1.82) is 0 Å². The van der Waals surface area contributed by atoms with E-state index in [0.29, 0.717) is 12.1 Å². The Morgan fingerprint density at radius 2 is 1.82 bits per heavy atom. The molecule has 0 atom stereocenters. The predicted octanol–water partition coefficient (Wildman–Crippen LogP) is 4.42. The molecule has 0 radical (unpaired) electrons. The first-order valence-electron chi connectivity index (χ1n) is 10.9. The van der Waals surface area contributed by atoms with E-state index in [2.05, 4.69) is 0 Å². The lowest BCUT2D eigenvalue weighted by Crippen LogP contribution is -2.36. The first-order chi connectivity index (χ1) is 15.8. The van der Waals surface area contributed by atoms with E-state index in [4.69, 9.17) is 4.74 Å². The molecule has 7 heteroatoms. The monoisotopic (exact) mass is 464 g/mol. The second-order valence-corrected chi connectivity index (χ2v) is 10.3. The second-order valence-electron chi connectivity index (χ2n) is 8.26. The van der Waals surface area contributed by atoms with Crippen LogP contribution in [0.2, 0.25) is 0 Å². The van der Waals surface area contributed by atoms with Crippen molar-refractivity contribution >= 4 is 21.6 Å². The fourth-order valence-corrected chi connectivity index (χ4v) is 5.65. The average Bonchev–Trinajstić information content (AvgIpc) is 2.83. The Morgan fingerprint density at radius 3 is 2.55 bits per heavy atom. The third-order valence-electron chi connectivity index (χ3n) is 6.01. The van der Waals surface area contributed by atoms with Gasteiger partial charge < -0.3 is 9.64 Å². The van der Waals surface area contributed by atoms with Crippen molar-refractivity contribution in [2.45, 2.75) is 31.2 Å². The van der Waals surface area contributed by atoms with Crippen molar-refractivity contribution in [3.8, 4) is 5.75 Å². The standard InChI is InChI=1S/C26H28N2O4S/c1-19-9-7-12-21-13-8-16-28(25(19)21)26(29)22-14-15-23(32-3)24(17-22)33(30,31)27(2)18-20-10-5-4-6-11-20/h4-7,9-12,14-15,17H,8,13,16,18H2,1-3H3. The number of methoxy groups -OCH3 is 1. The number of fused-ring (bicyclic) bond motifs is 1. The molecule has 4 rings (SSSR count). The van der Waals surface area contributed by atoms with Crippen molar-refractivity contribution in [1.82, 2.24) is 4.31 Å². The maximum Gasteiger partial charge on any atom is 0.258 e. The van der Waals surface area contributed by atoms with Gasteiger partial charge in [0.15, 0.2) is 0 Å². The fraction of sp³-hybridized carbons (Fsp3) is 0.269. The molecule has 1 heterocycles. The predicted molar refractivity (Wildman–Crippen MR) is 129 cm³/mol. The maximum atomic E-state index is 13.5. The molecule has 0 bridgehead atoms. The molecule has 1 amide bonds. The zero-order chi connectivity index (χ0) is 23.6. The highest BCUT2D eigenvalue weighted by molar-refractivity contribution is 7.89. The molecule has 33 heavy (non-hydrogen) atoms. The van der Waals surface area contributed by atoms with Gasteiger partial charge in [-0.1, -0.05) is 48.5 Å². The number of aryl methyl sites for hydroxylation is 2. The molecule has 0 unspecified atom stereocenters. The Kier molecular flexibility index (Phi) is 6.54. The van der Waals surface area contributed by atoms with Crippen LogP contribution in [-0.4, -0.2) is 39.3 Å². The first kappa shape index (κ1) is 23.0. The lowest BCUT2D eigenvalue weighted by atomic mass is 9.97. The highest BCUT2D eigenvalue weighted by Crippen LogP contribution is 2.33. The fourth-order valence-electron chi connectivity index (χ4n) is 4.31. The van der Waals surface area contributed by atoms with Crippen LogP contribution in [0, 0.1) is 6.92 Å². The molecule has 0 spiro atoms. The molecule has 0 aliphatic carbocycles. The Hall–Kier alpha value is -3.16. The summed E-state index contributed by atoms with van der Waals surface area (Å²) in [5.41, 5.74) is 4.28. The highest BCUT2D eigenvalue weighted by Gasteiger charge is 2.29. The maximum absolute atomic E-state index is 13.5. The van der Waals surface area contributed by atoms with Gasteiger partial charge in [0.05, 0.1) is 12.8 Å². The van der Waals surface area contributed by atoms with E-state index in [1.165, 1.54) is 24.5 Å². The third-order valence-corrected chi connectivity index (χ3v) is 7.84. The smallest absolute Gasteiger partial charge is 0.258 e. The number of rotatable bonds is 6. The molecule has 3 aromatic carbocycles. The number of hydrogen-bond donors (Lipinski definition) is 0. The second kappa shape index (κ2) is 9.37. The van der Waals surface area contributed by atoms with Crippen LogP contribution in [0.25, 0.3) is 0 Å². The largest absolute Gasteiger partial charge is 0.495 e. The number of sulfonamides is 1. The summed E-state index contributed by atoms with van der Waals surface area (Å²) in [5, 5.41) is 0. The molecular formula is C26H28N2O4S. The van der Waals surface area contributed by atoms with Crippen molar-refractivity contribution in [3.05, 3.63) is 89.0 Å². The van der Waals surface area contributed by atoms with Gasteiger partial charge in [-0.15, -0.1) is 0 Å². The number of ether oxygens (including phenoxy) is 1. The van der Waals surface area contributed by atoms with Gasteiger partial charge >= 0.3 is 0 Å². The minimum absolute atomic E-state index is 0.0173. The molecule has 0 N–H and O–H groups in total. The Balaban J connectivity index is 1.70. The average molecular weight is 465 g/mol. The van der Waals surface area contributed by atoms with Gasteiger partial charge in [-0.25, -0.2) is 8.42 Å². The summed E-state index contributed by atoms with van der Waals surface area (Å²) in [6.07, 6.45) is 1.79.